The van der Waals surface area contributed by atoms with Gasteiger partial charge in [-0.3, -0.25) is 19.4 Å². The van der Waals surface area contributed by atoms with Gasteiger partial charge < -0.3 is 29.7 Å². The van der Waals surface area contributed by atoms with Crippen LogP contribution >= 0.6 is 0 Å². The zero-order valence-corrected chi connectivity index (χ0v) is 19.7. The summed E-state index contributed by atoms with van der Waals surface area (Å²) in [6.07, 6.45) is 1.81. The fraction of sp³-hybridized carbons (Fsp3) is 0.478. The van der Waals surface area contributed by atoms with Crippen LogP contribution in [-0.2, 0) is 9.59 Å². The van der Waals surface area contributed by atoms with Crippen molar-refractivity contribution in [1.82, 2.24) is 9.97 Å². The summed E-state index contributed by atoms with van der Waals surface area (Å²) in [6.45, 7) is 3.72. The maximum Gasteiger partial charge on any atom is 0.258 e. The molecule has 2 amide bonds. The highest BCUT2D eigenvalue weighted by molar-refractivity contribution is 6.04. The number of hydrogen-bond donors (Lipinski definition) is 3. The zero-order chi connectivity index (χ0) is 24.4. The number of anilines is 3. The number of aromatic nitrogens is 2. The van der Waals surface area contributed by atoms with E-state index in [1.54, 1.807) is 12.1 Å². The molecule has 1 unspecified atom stereocenters. The van der Waals surface area contributed by atoms with E-state index < -0.39 is 17.4 Å². The molecule has 11 nitrogen and oxygen atoms in total. The zero-order valence-electron chi connectivity index (χ0n) is 19.7. The Morgan fingerprint density at radius 3 is 2.32 bits per heavy atom. The van der Waals surface area contributed by atoms with Gasteiger partial charge in [0, 0.05) is 37.3 Å². The molecule has 0 saturated carbocycles. The standard InChI is InChI=1S/C23H29N5O6/c1-12-5-7-28(8-6-12)23-26-20-18(22(31)27-23)14(11-17(29)25-20)21(30)24-13-9-15(32-2)19(34-4)16(10-13)33-3/h9-10,12,14H,5-8,11H2,1-4H3,(H,24,30)(H2,25,26,27,29,31). The lowest BCUT2D eigenvalue weighted by atomic mass is 9.92. The van der Waals surface area contributed by atoms with Gasteiger partial charge in [0.2, 0.25) is 23.5 Å². The average molecular weight is 472 g/mol. The molecule has 1 aromatic heterocycles. The largest absolute Gasteiger partial charge is 0.493 e. The summed E-state index contributed by atoms with van der Waals surface area (Å²) in [4.78, 5) is 47.9. The Kier molecular flexibility index (Phi) is 6.62. The molecule has 2 aliphatic rings. The van der Waals surface area contributed by atoms with Crippen molar-refractivity contribution in [3.63, 3.8) is 0 Å². The Labute approximate surface area is 196 Å². The molecule has 0 bridgehead atoms. The van der Waals surface area contributed by atoms with Gasteiger partial charge in [-0.2, -0.15) is 4.98 Å². The van der Waals surface area contributed by atoms with Crippen LogP contribution in [0.25, 0.3) is 0 Å². The number of carbonyl (C=O) groups is 2. The molecule has 0 spiro atoms. The van der Waals surface area contributed by atoms with Crippen molar-refractivity contribution in [3.8, 4) is 17.2 Å². The summed E-state index contributed by atoms with van der Waals surface area (Å²) < 4.78 is 16.0. The van der Waals surface area contributed by atoms with Gasteiger partial charge in [-0.25, -0.2) is 0 Å². The van der Waals surface area contributed by atoms with E-state index >= 15 is 0 Å². The summed E-state index contributed by atoms with van der Waals surface area (Å²) in [7, 11) is 4.42. The maximum absolute atomic E-state index is 13.2. The van der Waals surface area contributed by atoms with Gasteiger partial charge in [-0.1, -0.05) is 6.92 Å². The molecule has 1 aromatic carbocycles. The number of benzene rings is 1. The van der Waals surface area contributed by atoms with E-state index in [2.05, 4.69) is 27.5 Å². The normalized spacial score (nSPS) is 18.1. The predicted octanol–water partition coefficient (Wildman–Crippen LogP) is 2.10. The van der Waals surface area contributed by atoms with Crippen LogP contribution in [0.15, 0.2) is 16.9 Å². The summed E-state index contributed by atoms with van der Waals surface area (Å²) in [5.74, 6) is 0.341. The first kappa shape index (κ1) is 23.4. The molecule has 1 saturated heterocycles. The Morgan fingerprint density at radius 2 is 1.74 bits per heavy atom. The average Bonchev–Trinajstić information content (AvgIpc) is 2.82. The highest BCUT2D eigenvalue weighted by Crippen LogP contribution is 2.40. The first-order valence-corrected chi connectivity index (χ1v) is 11.1. The molecule has 1 atom stereocenters. The fourth-order valence-corrected chi connectivity index (χ4v) is 4.34. The third-order valence-electron chi connectivity index (χ3n) is 6.27. The van der Waals surface area contributed by atoms with Crippen LogP contribution in [0, 0.1) is 5.92 Å². The molecule has 11 heteroatoms. The molecule has 3 N–H and O–H groups in total. The SMILES string of the molecule is COc1cc(NC(=O)C2CC(=O)Nc3nc(N4CCC(C)CC4)[nH]c(=O)c32)cc(OC)c1OC. The molecule has 0 aliphatic carbocycles. The second-order valence-electron chi connectivity index (χ2n) is 8.53. The number of fused-ring (bicyclic) bond motifs is 1. The Morgan fingerprint density at radius 1 is 1.09 bits per heavy atom. The molecule has 1 fully saturated rings. The number of methoxy groups -OCH3 is 3. The van der Waals surface area contributed by atoms with E-state index in [0.29, 0.717) is 34.8 Å². The second-order valence-corrected chi connectivity index (χ2v) is 8.53. The highest BCUT2D eigenvalue weighted by Gasteiger charge is 2.35. The topological polar surface area (TPSA) is 135 Å². The first-order valence-electron chi connectivity index (χ1n) is 11.1. The van der Waals surface area contributed by atoms with Crippen molar-refractivity contribution in [1.29, 1.82) is 0 Å². The molecule has 0 radical (unpaired) electrons. The van der Waals surface area contributed by atoms with Crippen molar-refractivity contribution in [2.75, 3.05) is 50.0 Å². The van der Waals surface area contributed by atoms with E-state index in [1.807, 2.05) is 4.90 Å². The molecular weight excluding hydrogens is 442 g/mol. The van der Waals surface area contributed by atoms with Gasteiger partial charge in [-0.15, -0.1) is 0 Å². The van der Waals surface area contributed by atoms with Crippen LogP contribution in [0.2, 0.25) is 0 Å². The Balaban J connectivity index is 1.63. The number of carbonyl (C=O) groups excluding carboxylic acids is 2. The van der Waals surface area contributed by atoms with Crippen LogP contribution in [0.3, 0.4) is 0 Å². The van der Waals surface area contributed by atoms with Crippen molar-refractivity contribution in [2.24, 2.45) is 5.92 Å². The minimum Gasteiger partial charge on any atom is -0.493 e. The number of amides is 2. The van der Waals surface area contributed by atoms with Crippen LogP contribution in [-0.4, -0.2) is 56.2 Å². The summed E-state index contributed by atoms with van der Waals surface area (Å²) in [6, 6.07) is 3.15. The predicted molar refractivity (Wildman–Crippen MR) is 126 cm³/mol. The first-order chi connectivity index (χ1) is 16.3. The number of piperidine rings is 1. The summed E-state index contributed by atoms with van der Waals surface area (Å²) in [5, 5.41) is 5.41. The lowest BCUT2D eigenvalue weighted by Gasteiger charge is -2.31. The number of ether oxygens (including phenoxy) is 3. The number of hydrogen-bond acceptors (Lipinski definition) is 8. The van der Waals surface area contributed by atoms with Crippen LogP contribution in [0.1, 0.15) is 37.7 Å². The minimum absolute atomic E-state index is 0.124. The molecule has 182 valence electrons. The maximum atomic E-state index is 13.2. The fourth-order valence-electron chi connectivity index (χ4n) is 4.34. The lowest BCUT2D eigenvalue weighted by Crippen LogP contribution is -2.39. The van der Waals surface area contributed by atoms with Crippen molar-refractivity contribution in [2.45, 2.75) is 32.1 Å². The van der Waals surface area contributed by atoms with Crippen molar-refractivity contribution < 1.29 is 23.8 Å². The quantitative estimate of drug-likeness (QED) is 0.583. The van der Waals surface area contributed by atoms with Gasteiger partial charge in [0.15, 0.2) is 11.5 Å². The van der Waals surface area contributed by atoms with Crippen molar-refractivity contribution in [3.05, 3.63) is 28.0 Å². The summed E-state index contributed by atoms with van der Waals surface area (Å²) in [5.41, 5.74) is 0.0674. The van der Waals surface area contributed by atoms with Crippen LogP contribution in [0.5, 0.6) is 17.2 Å². The van der Waals surface area contributed by atoms with Crippen molar-refractivity contribution >= 4 is 29.3 Å². The minimum atomic E-state index is -1.01. The van der Waals surface area contributed by atoms with Crippen LogP contribution in [0.4, 0.5) is 17.5 Å². The van der Waals surface area contributed by atoms with E-state index in [4.69, 9.17) is 14.2 Å². The van der Waals surface area contributed by atoms with E-state index in [9.17, 15) is 14.4 Å². The number of nitrogens with one attached hydrogen (secondary N) is 3. The van der Waals surface area contributed by atoms with Gasteiger partial charge in [0.1, 0.15) is 5.82 Å². The molecule has 4 rings (SSSR count). The molecular formula is C23H29N5O6. The number of aromatic amines is 1. The lowest BCUT2D eigenvalue weighted by molar-refractivity contribution is -0.123. The Hall–Kier alpha value is -3.76. The third kappa shape index (κ3) is 4.50. The van der Waals surface area contributed by atoms with Gasteiger partial charge in [0.25, 0.3) is 5.56 Å². The monoisotopic (exact) mass is 471 g/mol. The van der Waals surface area contributed by atoms with Crippen LogP contribution < -0.4 is 35.3 Å². The smallest absolute Gasteiger partial charge is 0.258 e. The highest BCUT2D eigenvalue weighted by atomic mass is 16.5. The Bertz CT molecular complexity index is 1130. The molecule has 2 aromatic rings. The molecule has 3 heterocycles. The van der Waals surface area contributed by atoms with E-state index in [-0.39, 0.29) is 23.7 Å². The number of H-pyrrole nitrogens is 1. The van der Waals surface area contributed by atoms with Gasteiger partial charge >= 0.3 is 0 Å². The van der Waals surface area contributed by atoms with Gasteiger partial charge in [0.05, 0.1) is 32.8 Å². The number of nitrogens with zero attached hydrogens (tertiary/aromatic N) is 2. The van der Waals surface area contributed by atoms with E-state index in [0.717, 1.165) is 25.9 Å². The van der Waals surface area contributed by atoms with E-state index in [1.165, 1.54) is 21.3 Å². The van der Waals surface area contributed by atoms with Gasteiger partial charge in [-0.05, 0) is 18.8 Å². The molecule has 34 heavy (non-hydrogen) atoms. The summed E-state index contributed by atoms with van der Waals surface area (Å²) >= 11 is 0. The third-order valence-corrected chi connectivity index (χ3v) is 6.27. The molecule has 2 aliphatic heterocycles. The second kappa shape index (κ2) is 9.62. The number of rotatable bonds is 6.